The summed E-state index contributed by atoms with van der Waals surface area (Å²) >= 11 is 0. The molecule has 14 N–H and O–H groups in total. The Labute approximate surface area is 417 Å². The number of carbonyl (C=O) groups is 10. The lowest BCUT2D eigenvalue weighted by atomic mass is 9.95. The van der Waals surface area contributed by atoms with Gasteiger partial charge < -0.3 is 64.2 Å². The highest BCUT2D eigenvalue weighted by Crippen LogP contribution is 2.24. The number of guanidine groups is 1. The summed E-state index contributed by atoms with van der Waals surface area (Å²) in [6.45, 7) is 16.1. The van der Waals surface area contributed by atoms with Crippen LogP contribution in [0.4, 0.5) is 0 Å². The zero-order valence-electron chi connectivity index (χ0n) is 43.4. The number of rotatable bonds is 31. The fraction of sp³-hybridized carbons (Fsp3) is 0.766. The van der Waals surface area contributed by atoms with Crippen LogP contribution in [-0.4, -0.2) is 159 Å². The monoisotopic (exact) mass is 1010 g/mol. The second-order valence-corrected chi connectivity index (χ2v) is 18.8. The van der Waals surface area contributed by atoms with E-state index in [1.54, 1.807) is 48.5 Å². The molecule has 24 heteroatoms. The van der Waals surface area contributed by atoms with E-state index in [1.807, 2.05) is 0 Å². The lowest BCUT2D eigenvalue weighted by Crippen LogP contribution is -2.63. The number of nitrogens with one attached hydrogen (secondary N) is 6. The zero-order valence-corrected chi connectivity index (χ0v) is 43.4. The average Bonchev–Trinajstić information content (AvgIpc) is 3.80. The Morgan fingerprint density at radius 3 is 1.68 bits per heavy atom. The molecule has 1 aliphatic rings. The van der Waals surface area contributed by atoms with E-state index in [0.717, 1.165) is 6.92 Å². The van der Waals surface area contributed by atoms with Crippen LogP contribution in [0, 0.1) is 17.8 Å². The third kappa shape index (κ3) is 20.0. The lowest BCUT2D eigenvalue weighted by Gasteiger charge is -2.34. The van der Waals surface area contributed by atoms with E-state index in [2.05, 4.69) is 36.9 Å². The summed E-state index contributed by atoms with van der Waals surface area (Å²) in [5, 5.41) is 36.7. The molecule has 1 rings (SSSR count). The van der Waals surface area contributed by atoms with Gasteiger partial charge in [0.1, 0.15) is 48.3 Å². The van der Waals surface area contributed by atoms with Crippen molar-refractivity contribution in [3.63, 3.8) is 0 Å². The number of aliphatic hydroxyl groups excluding tert-OH is 1. The molecular formula is C47H84N12O12. The summed E-state index contributed by atoms with van der Waals surface area (Å²) in [5.41, 5.74) is 16.6. The van der Waals surface area contributed by atoms with Gasteiger partial charge in [-0.15, -0.1) is 0 Å². The van der Waals surface area contributed by atoms with Crippen LogP contribution >= 0.6 is 0 Å². The maximum Gasteiger partial charge on any atom is 0.326 e. The molecule has 1 aliphatic heterocycles. The average molecular weight is 1010 g/mol. The van der Waals surface area contributed by atoms with Crippen molar-refractivity contribution in [1.29, 1.82) is 0 Å². The second kappa shape index (κ2) is 31.4. The first-order valence-corrected chi connectivity index (χ1v) is 24.9. The third-order valence-corrected chi connectivity index (χ3v) is 12.7. The van der Waals surface area contributed by atoms with Gasteiger partial charge in [0.05, 0.1) is 6.10 Å². The van der Waals surface area contributed by atoms with Crippen molar-refractivity contribution in [3.05, 3.63) is 0 Å². The number of hydrogen-bond acceptors (Lipinski definition) is 13. The van der Waals surface area contributed by atoms with E-state index in [1.165, 1.54) is 18.7 Å². The SMILES string of the molecule is CCC[C@H](NC(=O)[C@@H](NC(=O)[C@H](NC(=O)[C@@H](NC(C)=O)C(C)C)[C@@H](C)CC)[C@@H](C)O)C(=O)N[C@H](C(=O)N[C@@H](CCCN=C(N)N)C(=O)N1CCC[C@H]1C(=O)N(C(C)=O)[C@@H](CCCCN)C(=O)O)[C@@H](C)CC. The molecule has 0 aromatic carbocycles. The molecule has 9 amide bonds. The number of aliphatic carboxylic acids is 1. The van der Waals surface area contributed by atoms with Crippen molar-refractivity contribution in [3.8, 4) is 0 Å². The van der Waals surface area contributed by atoms with E-state index >= 15 is 0 Å². The number of hydrogen-bond donors (Lipinski definition) is 11. The first-order valence-electron chi connectivity index (χ1n) is 24.9. The fourth-order valence-electron chi connectivity index (χ4n) is 8.17. The highest BCUT2D eigenvalue weighted by Gasteiger charge is 2.44. The van der Waals surface area contributed by atoms with E-state index in [-0.39, 0.29) is 63.6 Å². The number of likely N-dealkylation sites (tertiary alicyclic amines) is 1. The number of unbranched alkanes of at least 4 members (excludes halogenated alkanes) is 1. The largest absolute Gasteiger partial charge is 0.480 e. The summed E-state index contributed by atoms with van der Waals surface area (Å²) in [7, 11) is 0. The molecule has 0 radical (unpaired) electrons. The lowest BCUT2D eigenvalue weighted by molar-refractivity contribution is -0.161. The van der Waals surface area contributed by atoms with Crippen molar-refractivity contribution in [2.45, 2.75) is 194 Å². The number of carboxylic acids is 1. The number of aliphatic imine (C=N–C) groups is 1. The highest BCUT2D eigenvalue weighted by molar-refractivity contribution is 6.03. The minimum Gasteiger partial charge on any atom is -0.480 e. The topological polar surface area (TPSA) is 380 Å². The normalized spacial score (nSPS) is 17.6. The Hall–Kier alpha value is -5.91. The minimum atomic E-state index is -1.61. The van der Waals surface area contributed by atoms with Crippen LogP contribution in [0.5, 0.6) is 0 Å². The van der Waals surface area contributed by atoms with E-state index in [0.29, 0.717) is 43.4 Å². The first kappa shape index (κ1) is 63.1. The Bertz CT molecular complexity index is 1860. The standard InChI is InChI=1S/C47H84N12O12/c1-11-18-31(53-43(67)38(28(8)60)57-42(66)37(27(7)13-3)56-40(64)35(25(4)5)52-29(9)61)39(63)55-36(26(6)12-2)41(65)54-32(19-16-23-51-47(49)50)44(68)58-24-17-21-33(58)45(69)59(30(10)62)34(46(70)71)20-14-15-22-48/h25-28,31-38,60H,11-24,48H2,1-10H3,(H,52,61)(H,53,67)(H,54,65)(H,55,63)(H,56,64)(H,57,66)(H,70,71)(H4,49,50,51)/t26-,27-,28+,31-,32-,33-,34-,35-,36-,37+,38-/m0/s1. The van der Waals surface area contributed by atoms with Gasteiger partial charge in [0.2, 0.25) is 47.3 Å². The summed E-state index contributed by atoms with van der Waals surface area (Å²) in [6.07, 6.45) is 1.03. The number of nitrogens with zero attached hydrogens (tertiary/aromatic N) is 3. The first-order chi connectivity index (χ1) is 33.3. The quantitative estimate of drug-likeness (QED) is 0.0222. The number of amides is 9. The Morgan fingerprint density at radius 2 is 1.20 bits per heavy atom. The minimum absolute atomic E-state index is 0.0383. The third-order valence-electron chi connectivity index (χ3n) is 12.7. The highest BCUT2D eigenvalue weighted by atomic mass is 16.4. The van der Waals surface area contributed by atoms with Gasteiger partial charge in [-0.05, 0) is 82.6 Å². The van der Waals surface area contributed by atoms with Crippen molar-refractivity contribution in [2.75, 3.05) is 19.6 Å². The maximum atomic E-state index is 14.5. The predicted molar refractivity (Wildman–Crippen MR) is 264 cm³/mol. The number of imide groups is 1. The van der Waals surface area contributed by atoms with Crippen LogP contribution in [0.2, 0.25) is 0 Å². The maximum absolute atomic E-state index is 14.5. The fourth-order valence-corrected chi connectivity index (χ4v) is 8.17. The van der Waals surface area contributed by atoms with Gasteiger partial charge >= 0.3 is 5.97 Å². The van der Waals surface area contributed by atoms with Gasteiger partial charge in [0.15, 0.2) is 5.96 Å². The van der Waals surface area contributed by atoms with E-state index in [9.17, 15) is 58.2 Å². The molecule has 0 unspecified atom stereocenters. The van der Waals surface area contributed by atoms with Crippen molar-refractivity contribution in [1.82, 2.24) is 41.7 Å². The summed E-state index contributed by atoms with van der Waals surface area (Å²) in [6, 6.07) is -10.4. The van der Waals surface area contributed by atoms with Crippen molar-refractivity contribution >= 4 is 65.1 Å². The molecule has 1 heterocycles. The van der Waals surface area contributed by atoms with Gasteiger partial charge in [-0.2, -0.15) is 0 Å². The molecule has 0 saturated carbocycles. The van der Waals surface area contributed by atoms with E-state index in [4.69, 9.17) is 17.2 Å². The van der Waals surface area contributed by atoms with Crippen LogP contribution in [0.25, 0.3) is 0 Å². The Balaban J connectivity index is 3.51. The molecule has 71 heavy (non-hydrogen) atoms. The van der Waals surface area contributed by atoms with Gasteiger partial charge in [0.25, 0.3) is 5.91 Å². The number of carboxylic acid groups (broad SMARTS) is 1. The summed E-state index contributed by atoms with van der Waals surface area (Å²) in [4.78, 5) is 141. The van der Waals surface area contributed by atoms with Gasteiger partial charge in [0, 0.05) is 26.9 Å². The molecule has 404 valence electrons. The molecule has 1 fully saturated rings. The van der Waals surface area contributed by atoms with Crippen LogP contribution in [0.3, 0.4) is 0 Å². The molecular weight excluding hydrogens is 925 g/mol. The van der Waals surface area contributed by atoms with Crippen LogP contribution in [0.15, 0.2) is 4.99 Å². The summed E-state index contributed by atoms with van der Waals surface area (Å²) in [5.74, 6) is -9.70. The van der Waals surface area contributed by atoms with Gasteiger partial charge in [-0.3, -0.25) is 53.0 Å². The predicted octanol–water partition coefficient (Wildman–Crippen LogP) is -1.15. The van der Waals surface area contributed by atoms with Crippen molar-refractivity contribution < 1.29 is 58.2 Å². The number of carbonyl (C=O) groups excluding carboxylic acids is 9. The van der Waals surface area contributed by atoms with Gasteiger partial charge in [-0.1, -0.05) is 67.7 Å². The van der Waals surface area contributed by atoms with Crippen LogP contribution < -0.4 is 49.1 Å². The molecule has 0 aromatic heterocycles. The smallest absolute Gasteiger partial charge is 0.326 e. The summed E-state index contributed by atoms with van der Waals surface area (Å²) < 4.78 is 0. The van der Waals surface area contributed by atoms with Crippen molar-refractivity contribution in [2.24, 2.45) is 39.9 Å². The van der Waals surface area contributed by atoms with Gasteiger partial charge in [-0.25, -0.2) is 4.79 Å². The molecule has 0 bridgehead atoms. The molecule has 11 atom stereocenters. The Kier molecular flexibility index (Phi) is 27.9. The number of aliphatic hydroxyl groups is 1. The van der Waals surface area contributed by atoms with E-state index < -0.39 is 125 Å². The second-order valence-electron chi connectivity index (χ2n) is 18.8. The Morgan fingerprint density at radius 1 is 0.676 bits per heavy atom. The van der Waals surface area contributed by atoms with Crippen LogP contribution in [-0.2, 0) is 47.9 Å². The molecule has 0 aliphatic carbocycles. The molecule has 1 saturated heterocycles. The molecule has 0 spiro atoms. The van der Waals surface area contributed by atoms with Crippen LogP contribution in [0.1, 0.15) is 140 Å². The number of nitrogens with two attached hydrogens (primary N) is 3. The molecule has 24 nitrogen and oxygen atoms in total. The molecule has 0 aromatic rings. The zero-order chi connectivity index (χ0) is 54.3.